The first-order valence-electron chi connectivity index (χ1n) is 16.4. The maximum absolute atomic E-state index is 14.1. The Balaban J connectivity index is 1.90. The first-order chi connectivity index (χ1) is 21.9. The van der Waals surface area contributed by atoms with Crippen LogP contribution >= 0.6 is 11.6 Å². The zero-order chi connectivity index (χ0) is 35.2. The summed E-state index contributed by atoms with van der Waals surface area (Å²) in [5.41, 5.74) is -2.72. The fourth-order valence-electron chi connectivity index (χ4n) is 5.14. The number of benzene rings is 1. The number of hydrogen-bond donors (Lipinski definition) is 6. The van der Waals surface area contributed by atoms with E-state index in [9.17, 15) is 24.9 Å². The number of ether oxygens (including phenoxy) is 1. The lowest BCUT2D eigenvalue weighted by molar-refractivity contribution is -0.143. The third kappa shape index (κ3) is 8.65. The van der Waals surface area contributed by atoms with Crippen LogP contribution in [0.4, 0.5) is 5.69 Å². The lowest BCUT2D eigenvalue weighted by atomic mass is 9.73. The van der Waals surface area contributed by atoms with Crippen molar-refractivity contribution in [3.63, 3.8) is 0 Å². The zero-order valence-electron chi connectivity index (χ0n) is 29.0. The number of nitrogens with zero attached hydrogens (tertiary/aromatic N) is 3. The second-order valence-electron chi connectivity index (χ2n) is 14.4. The summed E-state index contributed by atoms with van der Waals surface area (Å²) in [7, 11) is 0. The molecule has 1 atom stereocenters. The van der Waals surface area contributed by atoms with E-state index < -0.39 is 41.8 Å². The van der Waals surface area contributed by atoms with Gasteiger partial charge in [0.15, 0.2) is 23.2 Å². The summed E-state index contributed by atoms with van der Waals surface area (Å²) >= 11 is 6.69. The van der Waals surface area contributed by atoms with Gasteiger partial charge in [0.05, 0.1) is 24.6 Å². The Morgan fingerprint density at radius 3 is 2.21 bits per heavy atom. The standard InChI is InChI=1S/C34H53ClN6O6/c1-9-10-11-12-13-14-19-24(47-23-18-16-15-17-22(23)36-30(45)34(46,20-42)21-43)28(44)37-33(7,8)32(5,6)29-39-38-27-25(35)26(31(2,3)4)40-41(27)29/h15-18,24,40,42-43,46H,9-14,19-21H2,1-8H3,(H,36,45)(H,37,44). The smallest absolute Gasteiger partial charge is 0.261 e. The van der Waals surface area contributed by atoms with E-state index in [1.54, 1.807) is 28.8 Å². The molecule has 3 aromatic rings. The molecule has 2 amide bonds. The van der Waals surface area contributed by atoms with Crippen LogP contribution in [0, 0.1) is 0 Å². The van der Waals surface area contributed by atoms with Crippen LogP contribution < -0.4 is 15.4 Å². The molecule has 2 aromatic heterocycles. The molecule has 2 heterocycles. The predicted octanol–water partition coefficient (Wildman–Crippen LogP) is 5.03. The van der Waals surface area contributed by atoms with E-state index in [2.05, 4.69) is 53.6 Å². The van der Waals surface area contributed by atoms with Crippen molar-refractivity contribution in [2.45, 2.75) is 128 Å². The second-order valence-corrected chi connectivity index (χ2v) is 14.8. The highest BCUT2D eigenvalue weighted by Gasteiger charge is 2.45. The summed E-state index contributed by atoms with van der Waals surface area (Å²) in [6.45, 7) is 14.2. The number of anilines is 1. The number of aliphatic hydroxyl groups is 3. The van der Waals surface area contributed by atoms with Crippen molar-refractivity contribution >= 4 is 34.7 Å². The summed E-state index contributed by atoms with van der Waals surface area (Å²) in [4.78, 5) is 26.8. The largest absolute Gasteiger partial charge is 0.478 e. The van der Waals surface area contributed by atoms with E-state index in [4.69, 9.17) is 16.3 Å². The molecule has 0 aliphatic rings. The maximum atomic E-state index is 14.1. The van der Waals surface area contributed by atoms with E-state index in [0.717, 1.165) is 44.2 Å². The highest BCUT2D eigenvalue weighted by atomic mass is 35.5. The van der Waals surface area contributed by atoms with E-state index in [-0.39, 0.29) is 22.8 Å². The van der Waals surface area contributed by atoms with Crippen molar-refractivity contribution in [1.82, 2.24) is 25.1 Å². The Morgan fingerprint density at radius 2 is 1.60 bits per heavy atom. The number of aromatic amines is 1. The molecule has 13 heteroatoms. The Hall–Kier alpha value is -3.19. The number of halogens is 1. The SMILES string of the molecule is CCCCCCCCC(Oc1ccccc1NC(=O)C(O)(CO)CO)C(=O)NC(C)(C)C(C)(C)c1nnc2c(Cl)c(C(C)(C)C)[nH]n12. The van der Waals surface area contributed by atoms with Gasteiger partial charge >= 0.3 is 0 Å². The fraction of sp³-hybridized carbons (Fsp3) is 0.647. The number of amides is 2. The van der Waals surface area contributed by atoms with Gasteiger partial charge in [-0.05, 0) is 38.8 Å². The Labute approximate surface area is 282 Å². The minimum absolute atomic E-state index is 0.183. The molecule has 6 N–H and O–H groups in total. The molecule has 0 radical (unpaired) electrons. The molecule has 1 aromatic carbocycles. The van der Waals surface area contributed by atoms with Gasteiger partial charge in [-0.2, -0.15) is 0 Å². The van der Waals surface area contributed by atoms with Crippen LogP contribution in [-0.4, -0.2) is 77.4 Å². The normalized spacial score (nSPS) is 13.5. The van der Waals surface area contributed by atoms with E-state index in [1.807, 2.05) is 27.7 Å². The van der Waals surface area contributed by atoms with Gasteiger partial charge in [-0.3, -0.25) is 14.7 Å². The molecule has 12 nitrogen and oxygen atoms in total. The number of H-pyrrole nitrogens is 1. The number of hydrogen-bond acceptors (Lipinski definition) is 8. The first kappa shape index (κ1) is 38.3. The van der Waals surface area contributed by atoms with Crippen LogP contribution in [0.1, 0.15) is 112 Å². The van der Waals surface area contributed by atoms with Gasteiger partial charge < -0.3 is 30.7 Å². The third-order valence-electron chi connectivity index (χ3n) is 9.07. The highest BCUT2D eigenvalue weighted by Crippen LogP contribution is 2.37. The number of unbranched alkanes of at least 4 members (excludes halogenated alkanes) is 5. The predicted molar refractivity (Wildman–Crippen MR) is 183 cm³/mol. The van der Waals surface area contributed by atoms with E-state index >= 15 is 0 Å². The summed E-state index contributed by atoms with van der Waals surface area (Å²) in [5, 5.41) is 47.7. The van der Waals surface area contributed by atoms with Crippen molar-refractivity contribution < 1.29 is 29.6 Å². The number of carbonyl (C=O) groups is 2. The molecule has 0 saturated carbocycles. The zero-order valence-corrected chi connectivity index (χ0v) is 29.8. The fourth-order valence-corrected chi connectivity index (χ4v) is 5.59. The topological polar surface area (TPSA) is 174 Å². The quantitative estimate of drug-likeness (QED) is 0.108. The van der Waals surface area contributed by atoms with Crippen LogP contribution in [0.15, 0.2) is 24.3 Å². The summed E-state index contributed by atoms with van der Waals surface area (Å²) < 4.78 is 8.08. The molecule has 0 fully saturated rings. The van der Waals surface area contributed by atoms with Crippen LogP contribution in [0.5, 0.6) is 5.75 Å². The molecule has 262 valence electrons. The third-order valence-corrected chi connectivity index (χ3v) is 9.43. The molecule has 0 spiro atoms. The molecular formula is C34H53ClN6O6. The maximum Gasteiger partial charge on any atom is 0.261 e. The van der Waals surface area contributed by atoms with Crippen molar-refractivity contribution in [3.05, 3.63) is 40.8 Å². The Bertz CT molecular complexity index is 1500. The number of fused-ring (bicyclic) bond motifs is 1. The summed E-state index contributed by atoms with van der Waals surface area (Å²) in [6, 6.07) is 6.52. The van der Waals surface area contributed by atoms with Gasteiger partial charge in [0.25, 0.3) is 11.8 Å². The highest BCUT2D eigenvalue weighted by molar-refractivity contribution is 6.34. The number of aromatic nitrogens is 4. The summed E-state index contributed by atoms with van der Waals surface area (Å²) in [5.74, 6) is -0.549. The Kier molecular flexibility index (Phi) is 12.5. The summed E-state index contributed by atoms with van der Waals surface area (Å²) in [6.07, 6.45) is 5.64. The van der Waals surface area contributed by atoms with E-state index in [0.29, 0.717) is 22.9 Å². The van der Waals surface area contributed by atoms with Crippen molar-refractivity contribution in [2.24, 2.45) is 0 Å². The molecule has 47 heavy (non-hydrogen) atoms. The average molecular weight is 677 g/mol. The number of carbonyl (C=O) groups excluding carboxylic acids is 2. The van der Waals surface area contributed by atoms with Gasteiger partial charge in [-0.15, -0.1) is 10.2 Å². The van der Waals surface area contributed by atoms with Gasteiger partial charge in [0.1, 0.15) is 10.8 Å². The van der Waals surface area contributed by atoms with Gasteiger partial charge in [-0.1, -0.05) is 97.4 Å². The van der Waals surface area contributed by atoms with E-state index in [1.165, 1.54) is 0 Å². The van der Waals surface area contributed by atoms with Crippen molar-refractivity contribution in [3.8, 4) is 5.75 Å². The van der Waals surface area contributed by atoms with Crippen molar-refractivity contribution in [2.75, 3.05) is 18.5 Å². The monoisotopic (exact) mass is 676 g/mol. The minimum Gasteiger partial charge on any atom is -0.478 e. The molecule has 0 saturated heterocycles. The average Bonchev–Trinajstić information content (AvgIpc) is 3.58. The molecule has 0 aliphatic carbocycles. The van der Waals surface area contributed by atoms with Crippen LogP contribution in [0.25, 0.3) is 5.65 Å². The molecule has 0 aliphatic heterocycles. The van der Waals surface area contributed by atoms with Crippen molar-refractivity contribution in [1.29, 1.82) is 0 Å². The number of rotatable bonds is 17. The van der Waals surface area contributed by atoms with Gasteiger partial charge in [0.2, 0.25) is 0 Å². The molecular weight excluding hydrogens is 624 g/mol. The number of aliphatic hydroxyl groups excluding tert-OH is 2. The molecule has 1 unspecified atom stereocenters. The lowest BCUT2D eigenvalue weighted by Crippen LogP contribution is -2.59. The minimum atomic E-state index is -2.39. The first-order valence-corrected chi connectivity index (χ1v) is 16.8. The van der Waals surface area contributed by atoms with Gasteiger partial charge in [-0.25, -0.2) is 4.52 Å². The second kappa shape index (κ2) is 15.4. The lowest BCUT2D eigenvalue weighted by Gasteiger charge is -2.41. The van der Waals surface area contributed by atoms with Crippen LogP contribution in [-0.2, 0) is 20.4 Å². The van der Waals surface area contributed by atoms with Crippen LogP contribution in [0.3, 0.4) is 0 Å². The van der Waals surface area contributed by atoms with Crippen LogP contribution in [0.2, 0.25) is 5.02 Å². The number of nitrogens with one attached hydrogen (secondary N) is 3. The Morgan fingerprint density at radius 1 is 0.979 bits per heavy atom. The molecule has 3 rings (SSSR count). The van der Waals surface area contributed by atoms with Gasteiger partial charge in [0, 0.05) is 16.4 Å². The molecule has 0 bridgehead atoms. The number of para-hydroxylation sites is 2.